The lowest BCUT2D eigenvalue weighted by atomic mass is 10.1. The van der Waals surface area contributed by atoms with Crippen LogP contribution in [-0.2, 0) is 16.0 Å². The highest BCUT2D eigenvalue weighted by Gasteiger charge is 2.16. The van der Waals surface area contributed by atoms with E-state index in [1.165, 1.54) is 19.2 Å². The molecule has 0 aliphatic rings. The predicted octanol–water partition coefficient (Wildman–Crippen LogP) is 1.65. The van der Waals surface area contributed by atoms with Crippen molar-refractivity contribution in [2.24, 2.45) is 0 Å². The van der Waals surface area contributed by atoms with Crippen LogP contribution in [0.2, 0.25) is 0 Å². The maximum absolute atomic E-state index is 10.6. The molecule has 19 heavy (non-hydrogen) atoms. The minimum atomic E-state index is -0.986. The predicted molar refractivity (Wildman–Crippen MR) is 74.5 cm³/mol. The van der Waals surface area contributed by atoms with E-state index in [0.717, 1.165) is 18.7 Å². The van der Waals surface area contributed by atoms with Crippen LogP contribution in [0.15, 0.2) is 24.3 Å². The number of phenols is 1. The van der Waals surface area contributed by atoms with Crippen molar-refractivity contribution in [1.82, 2.24) is 5.32 Å². The molecule has 3 N–H and O–H groups in total. The van der Waals surface area contributed by atoms with E-state index in [-0.39, 0.29) is 5.75 Å². The SMILES string of the molecule is CCNCC.COC(Cc1ccc(O)cc1)C(=O)O. The fourth-order valence-electron chi connectivity index (χ4n) is 1.37. The molecule has 0 saturated heterocycles. The van der Waals surface area contributed by atoms with Crippen LogP contribution in [-0.4, -0.2) is 42.5 Å². The summed E-state index contributed by atoms with van der Waals surface area (Å²) in [6, 6.07) is 6.38. The monoisotopic (exact) mass is 269 g/mol. The van der Waals surface area contributed by atoms with Crippen LogP contribution in [0.3, 0.4) is 0 Å². The van der Waals surface area contributed by atoms with Crippen LogP contribution in [0.5, 0.6) is 5.75 Å². The molecule has 0 aliphatic heterocycles. The standard InChI is InChI=1S/C10H12O4.C4H11N/c1-14-9(10(12)13)6-7-2-4-8(11)5-3-7;1-3-5-4-2/h2-5,9,11H,6H2,1H3,(H,12,13);5H,3-4H2,1-2H3. The molecule has 0 amide bonds. The lowest BCUT2D eigenvalue weighted by Gasteiger charge is -2.09. The van der Waals surface area contributed by atoms with Gasteiger partial charge in [-0.05, 0) is 30.8 Å². The van der Waals surface area contributed by atoms with Crippen molar-refractivity contribution in [2.45, 2.75) is 26.4 Å². The van der Waals surface area contributed by atoms with Gasteiger partial charge in [0.05, 0.1) is 0 Å². The van der Waals surface area contributed by atoms with Crippen LogP contribution in [0.4, 0.5) is 0 Å². The van der Waals surface area contributed by atoms with Gasteiger partial charge in [-0.15, -0.1) is 0 Å². The van der Waals surface area contributed by atoms with Gasteiger partial charge in [-0.2, -0.15) is 0 Å². The first kappa shape index (κ1) is 17.4. The van der Waals surface area contributed by atoms with Gasteiger partial charge in [0.1, 0.15) is 5.75 Å². The molecule has 0 spiro atoms. The van der Waals surface area contributed by atoms with Gasteiger partial charge in [0, 0.05) is 13.5 Å². The number of carboxylic acid groups (broad SMARTS) is 1. The van der Waals surface area contributed by atoms with Crippen molar-refractivity contribution in [2.75, 3.05) is 20.2 Å². The summed E-state index contributed by atoms with van der Waals surface area (Å²) in [6.45, 7) is 6.39. The fraction of sp³-hybridized carbons (Fsp3) is 0.500. The van der Waals surface area contributed by atoms with Gasteiger partial charge >= 0.3 is 5.97 Å². The number of rotatable bonds is 6. The van der Waals surface area contributed by atoms with Crippen molar-refractivity contribution >= 4 is 5.97 Å². The Morgan fingerprint density at radius 3 is 2.11 bits per heavy atom. The number of carbonyl (C=O) groups is 1. The Morgan fingerprint density at radius 2 is 1.79 bits per heavy atom. The Labute approximate surface area is 114 Å². The summed E-state index contributed by atoms with van der Waals surface area (Å²) in [5.74, 6) is -0.821. The molecule has 0 saturated carbocycles. The normalized spacial score (nSPS) is 11.3. The van der Waals surface area contributed by atoms with Gasteiger partial charge < -0.3 is 20.3 Å². The molecule has 1 aromatic rings. The molecule has 1 atom stereocenters. The summed E-state index contributed by atoms with van der Waals surface area (Å²) < 4.78 is 4.78. The third kappa shape index (κ3) is 8.18. The molecular weight excluding hydrogens is 246 g/mol. The average Bonchev–Trinajstić information content (AvgIpc) is 2.39. The number of nitrogens with one attached hydrogen (secondary N) is 1. The van der Waals surface area contributed by atoms with E-state index in [1.54, 1.807) is 12.1 Å². The van der Waals surface area contributed by atoms with Crippen LogP contribution in [0.1, 0.15) is 19.4 Å². The van der Waals surface area contributed by atoms with Crippen molar-refractivity contribution in [1.29, 1.82) is 0 Å². The van der Waals surface area contributed by atoms with E-state index in [9.17, 15) is 4.79 Å². The molecular formula is C14H23NO4. The Kier molecular flexibility index (Phi) is 9.48. The van der Waals surface area contributed by atoms with Gasteiger partial charge in [0.2, 0.25) is 0 Å². The highest BCUT2D eigenvalue weighted by atomic mass is 16.5. The summed E-state index contributed by atoms with van der Waals surface area (Å²) in [5, 5.41) is 20.8. The number of ether oxygens (including phenoxy) is 1. The van der Waals surface area contributed by atoms with E-state index in [2.05, 4.69) is 19.2 Å². The summed E-state index contributed by atoms with van der Waals surface area (Å²) in [4.78, 5) is 10.6. The van der Waals surface area contributed by atoms with Crippen molar-refractivity contribution in [3.63, 3.8) is 0 Å². The molecule has 108 valence electrons. The molecule has 1 unspecified atom stereocenters. The quantitative estimate of drug-likeness (QED) is 0.732. The summed E-state index contributed by atoms with van der Waals surface area (Å²) in [7, 11) is 1.36. The minimum absolute atomic E-state index is 0.165. The van der Waals surface area contributed by atoms with Gasteiger partial charge in [-0.3, -0.25) is 0 Å². The maximum atomic E-state index is 10.6. The summed E-state index contributed by atoms with van der Waals surface area (Å²) >= 11 is 0. The molecule has 0 bridgehead atoms. The van der Waals surface area contributed by atoms with Gasteiger partial charge in [0.25, 0.3) is 0 Å². The third-order valence-corrected chi connectivity index (χ3v) is 2.42. The number of methoxy groups -OCH3 is 1. The highest BCUT2D eigenvalue weighted by Crippen LogP contribution is 2.12. The molecule has 0 aromatic heterocycles. The molecule has 0 radical (unpaired) electrons. The molecule has 5 heteroatoms. The number of carboxylic acids is 1. The second kappa shape index (κ2) is 10.3. The van der Waals surface area contributed by atoms with E-state index in [1.807, 2.05) is 0 Å². The first-order chi connectivity index (χ1) is 9.04. The van der Waals surface area contributed by atoms with E-state index < -0.39 is 12.1 Å². The number of hydrogen-bond donors (Lipinski definition) is 3. The number of phenolic OH excluding ortho intramolecular Hbond substituents is 1. The van der Waals surface area contributed by atoms with Crippen molar-refractivity contribution in [3.05, 3.63) is 29.8 Å². The zero-order valence-electron chi connectivity index (χ0n) is 11.7. The number of hydrogen-bond acceptors (Lipinski definition) is 4. The lowest BCUT2D eigenvalue weighted by Crippen LogP contribution is -2.24. The van der Waals surface area contributed by atoms with E-state index in [0.29, 0.717) is 6.42 Å². The second-order valence-electron chi connectivity index (χ2n) is 3.89. The first-order valence-corrected chi connectivity index (χ1v) is 6.29. The molecule has 1 aromatic carbocycles. The Bertz CT molecular complexity index is 349. The summed E-state index contributed by atoms with van der Waals surface area (Å²) in [6.07, 6.45) is -0.536. The van der Waals surface area contributed by atoms with Crippen LogP contribution < -0.4 is 5.32 Å². The van der Waals surface area contributed by atoms with Crippen LogP contribution >= 0.6 is 0 Å². The number of benzene rings is 1. The van der Waals surface area contributed by atoms with Gasteiger partial charge in [-0.25, -0.2) is 4.79 Å². The van der Waals surface area contributed by atoms with Crippen molar-refractivity contribution in [3.8, 4) is 5.75 Å². The molecule has 0 aliphatic carbocycles. The first-order valence-electron chi connectivity index (χ1n) is 6.29. The zero-order valence-corrected chi connectivity index (χ0v) is 11.7. The highest BCUT2D eigenvalue weighted by molar-refractivity contribution is 5.72. The molecule has 0 fully saturated rings. The Morgan fingerprint density at radius 1 is 1.26 bits per heavy atom. The van der Waals surface area contributed by atoms with Gasteiger partial charge in [-0.1, -0.05) is 26.0 Å². The fourth-order valence-corrected chi connectivity index (χ4v) is 1.37. The van der Waals surface area contributed by atoms with Gasteiger partial charge in [0.15, 0.2) is 6.10 Å². The maximum Gasteiger partial charge on any atom is 0.333 e. The topological polar surface area (TPSA) is 78.8 Å². The zero-order chi connectivity index (χ0) is 14.7. The largest absolute Gasteiger partial charge is 0.508 e. The number of aliphatic carboxylic acids is 1. The second-order valence-corrected chi connectivity index (χ2v) is 3.89. The van der Waals surface area contributed by atoms with Crippen molar-refractivity contribution < 1.29 is 19.7 Å². The minimum Gasteiger partial charge on any atom is -0.508 e. The van der Waals surface area contributed by atoms with Crippen LogP contribution in [0, 0.1) is 0 Å². The Balaban J connectivity index is 0.000000555. The van der Waals surface area contributed by atoms with E-state index >= 15 is 0 Å². The smallest absolute Gasteiger partial charge is 0.333 e. The molecule has 5 nitrogen and oxygen atoms in total. The third-order valence-electron chi connectivity index (χ3n) is 2.42. The molecule has 0 heterocycles. The summed E-state index contributed by atoms with van der Waals surface area (Å²) in [5.41, 5.74) is 0.817. The van der Waals surface area contributed by atoms with Crippen LogP contribution in [0.25, 0.3) is 0 Å². The Hall–Kier alpha value is -1.59. The lowest BCUT2D eigenvalue weighted by molar-refractivity contribution is -0.148. The van der Waals surface area contributed by atoms with E-state index in [4.69, 9.17) is 14.9 Å². The average molecular weight is 269 g/mol. The molecule has 1 rings (SSSR count). The number of aromatic hydroxyl groups is 1.